The number of hydrogen-bond acceptors (Lipinski definition) is 4. The van der Waals surface area contributed by atoms with Gasteiger partial charge in [0.25, 0.3) is 5.91 Å². The van der Waals surface area contributed by atoms with Crippen molar-refractivity contribution < 1.29 is 9.53 Å². The largest absolute Gasteiger partial charge is 0.488 e. The van der Waals surface area contributed by atoms with E-state index in [1.165, 1.54) is 4.68 Å². The number of anilines is 1. The van der Waals surface area contributed by atoms with Crippen molar-refractivity contribution >= 4 is 11.7 Å². The number of ether oxygens (including phenoxy) is 1. The molecule has 0 bridgehead atoms. The maximum absolute atomic E-state index is 12.3. The van der Waals surface area contributed by atoms with Crippen LogP contribution in [0.4, 0.5) is 5.82 Å². The van der Waals surface area contributed by atoms with E-state index >= 15 is 0 Å². The molecule has 0 spiro atoms. The van der Waals surface area contributed by atoms with Crippen LogP contribution in [0.5, 0.6) is 5.75 Å². The van der Waals surface area contributed by atoms with Gasteiger partial charge < -0.3 is 10.5 Å². The molecule has 0 aliphatic carbocycles. The number of aromatic nitrogens is 2. The van der Waals surface area contributed by atoms with Crippen LogP contribution in [-0.2, 0) is 0 Å². The highest BCUT2D eigenvalue weighted by Gasteiger charge is 2.15. The summed E-state index contributed by atoms with van der Waals surface area (Å²) < 4.78 is 6.91. The van der Waals surface area contributed by atoms with E-state index in [0.717, 1.165) is 5.75 Å². The van der Waals surface area contributed by atoms with Gasteiger partial charge in [-0.05, 0) is 52.0 Å². The van der Waals surface area contributed by atoms with E-state index in [-0.39, 0.29) is 11.5 Å². The third-order valence-corrected chi connectivity index (χ3v) is 2.58. The quantitative estimate of drug-likeness (QED) is 0.913. The average molecular weight is 273 g/mol. The molecule has 0 aliphatic rings. The molecule has 1 aromatic carbocycles. The third kappa shape index (κ3) is 3.17. The number of carbonyl (C=O) groups excluding carboxylic acids is 1. The summed E-state index contributed by atoms with van der Waals surface area (Å²) in [6.07, 6.45) is 0. The first-order chi connectivity index (χ1) is 9.26. The molecular weight excluding hydrogens is 254 g/mol. The Kier molecular flexibility index (Phi) is 3.53. The summed E-state index contributed by atoms with van der Waals surface area (Å²) in [5, 5.41) is 4.08. The van der Waals surface area contributed by atoms with Gasteiger partial charge in [0, 0.05) is 11.6 Å². The van der Waals surface area contributed by atoms with Crippen LogP contribution in [0, 0.1) is 6.92 Å². The van der Waals surface area contributed by atoms with Crippen molar-refractivity contribution in [3.05, 3.63) is 41.6 Å². The molecule has 0 aliphatic heterocycles. The van der Waals surface area contributed by atoms with Gasteiger partial charge in [-0.15, -0.1) is 0 Å². The molecule has 1 aromatic heterocycles. The van der Waals surface area contributed by atoms with E-state index in [0.29, 0.717) is 17.1 Å². The minimum Gasteiger partial charge on any atom is -0.488 e. The van der Waals surface area contributed by atoms with Crippen molar-refractivity contribution in [2.24, 2.45) is 0 Å². The van der Waals surface area contributed by atoms with Gasteiger partial charge >= 0.3 is 0 Å². The Labute approximate surface area is 118 Å². The molecule has 5 heteroatoms. The molecule has 106 valence electrons. The lowest BCUT2D eigenvalue weighted by Gasteiger charge is -2.21. The van der Waals surface area contributed by atoms with Crippen LogP contribution in [-0.4, -0.2) is 21.3 Å². The minimum atomic E-state index is -0.269. The van der Waals surface area contributed by atoms with E-state index in [4.69, 9.17) is 10.5 Å². The van der Waals surface area contributed by atoms with E-state index in [9.17, 15) is 4.79 Å². The van der Waals surface area contributed by atoms with Crippen molar-refractivity contribution in [3.8, 4) is 5.75 Å². The van der Waals surface area contributed by atoms with E-state index in [2.05, 4.69) is 5.10 Å². The molecule has 0 unspecified atom stereocenters. The number of benzene rings is 1. The monoisotopic (exact) mass is 273 g/mol. The number of nitrogens with zero attached hydrogens (tertiary/aromatic N) is 2. The van der Waals surface area contributed by atoms with E-state index in [1.54, 1.807) is 37.3 Å². The average Bonchev–Trinajstić information content (AvgIpc) is 2.66. The highest BCUT2D eigenvalue weighted by Crippen LogP contribution is 2.19. The highest BCUT2D eigenvalue weighted by molar-refractivity contribution is 5.97. The molecule has 0 saturated carbocycles. The SMILES string of the molecule is Cc1cc(N)n(C(=O)c2ccc(OC(C)(C)C)cc2)n1. The third-order valence-electron chi connectivity index (χ3n) is 2.58. The minimum absolute atomic E-state index is 0.252. The molecule has 0 atom stereocenters. The van der Waals surface area contributed by atoms with Crippen LogP contribution in [0.1, 0.15) is 36.8 Å². The summed E-state index contributed by atoms with van der Waals surface area (Å²) in [7, 11) is 0. The van der Waals surface area contributed by atoms with E-state index in [1.807, 2.05) is 20.8 Å². The second-order valence-corrected chi connectivity index (χ2v) is 5.67. The summed E-state index contributed by atoms with van der Waals surface area (Å²) >= 11 is 0. The lowest BCUT2D eigenvalue weighted by Crippen LogP contribution is -2.23. The molecule has 0 radical (unpaired) electrons. The lowest BCUT2D eigenvalue weighted by atomic mass is 10.1. The normalized spacial score (nSPS) is 11.4. The molecule has 20 heavy (non-hydrogen) atoms. The number of nitrogen functional groups attached to an aromatic ring is 1. The van der Waals surface area contributed by atoms with E-state index < -0.39 is 0 Å². The summed E-state index contributed by atoms with van der Waals surface area (Å²) in [5.41, 5.74) is 6.71. The fourth-order valence-electron chi connectivity index (χ4n) is 1.82. The summed E-state index contributed by atoms with van der Waals surface area (Å²) in [6, 6.07) is 8.62. The van der Waals surface area contributed by atoms with Crippen molar-refractivity contribution in [3.63, 3.8) is 0 Å². The molecule has 2 rings (SSSR count). The zero-order chi connectivity index (χ0) is 14.9. The Bertz CT molecular complexity index is 622. The summed E-state index contributed by atoms with van der Waals surface area (Å²) in [6.45, 7) is 7.71. The van der Waals surface area contributed by atoms with Crippen molar-refractivity contribution in [2.75, 3.05) is 5.73 Å². The second-order valence-electron chi connectivity index (χ2n) is 5.67. The molecule has 0 fully saturated rings. The molecule has 0 saturated heterocycles. The van der Waals surface area contributed by atoms with Crippen LogP contribution in [0.15, 0.2) is 30.3 Å². The fraction of sp³-hybridized carbons (Fsp3) is 0.333. The molecule has 0 amide bonds. The number of hydrogen-bond donors (Lipinski definition) is 1. The Hall–Kier alpha value is -2.30. The predicted octanol–water partition coefficient (Wildman–Crippen LogP) is 2.64. The Balaban J connectivity index is 2.22. The second kappa shape index (κ2) is 5.00. The van der Waals surface area contributed by atoms with Gasteiger partial charge in [0.05, 0.1) is 5.69 Å². The number of carbonyl (C=O) groups is 1. The van der Waals surface area contributed by atoms with Gasteiger partial charge in [-0.1, -0.05) is 0 Å². The Morgan fingerprint density at radius 1 is 1.25 bits per heavy atom. The Morgan fingerprint density at radius 2 is 1.85 bits per heavy atom. The standard InChI is InChI=1S/C15H19N3O2/c1-10-9-13(16)18(17-10)14(19)11-5-7-12(8-6-11)20-15(2,3)4/h5-9H,16H2,1-4H3. The molecular formula is C15H19N3O2. The number of aryl methyl sites for hydroxylation is 1. The van der Waals surface area contributed by atoms with Crippen LogP contribution >= 0.6 is 0 Å². The van der Waals surface area contributed by atoms with Crippen molar-refractivity contribution in [1.82, 2.24) is 9.78 Å². The highest BCUT2D eigenvalue weighted by atomic mass is 16.5. The zero-order valence-corrected chi connectivity index (χ0v) is 12.2. The van der Waals surface area contributed by atoms with Gasteiger partial charge in [0.2, 0.25) is 0 Å². The smallest absolute Gasteiger partial charge is 0.280 e. The number of nitrogens with two attached hydrogens (primary N) is 1. The molecule has 2 aromatic rings. The lowest BCUT2D eigenvalue weighted by molar-refractivity contribution is 0.0947. The topological polar surface area (TPSA) is 70.1 Å². The number of rotatable bonds is 2. The molecule has 2 N–H and O–H groups in total. The zero-order valence-electron chi connectivity index (χ0n) is 12.2. The van der Waals surface area contributed by atoms with Gasteiger partial charge in [-0.25, -0.2) is 0 Å². The van der Waals surface area contributed by atoms with Crippen molar-refractivity contribution in [2.45, 2.75) is 33.3 Å². The fourth-order valence-corrected chi connectivity index (χ4v) is 1.82. The van der Waals surface area contributed by atoms with Gasteiger partial charge in [0.1, 0.15) is 17.2 Å². The van der Waals surface area contributed by atoms with Crippen LogP contribution in [0.3, 0.4) is 0 Å². The predicted molar refractivity (Wildman–Crippen MR) is 77.9 cm³/mol. The maximum atomic E-state index is 12.3. The molecule has 5 nitrogen and oxygen atoms in total. The first kappa shape index (κ1) is 14.1. The van der Waals surface area contributed by atoms with Gasteiger partial charge in [0.15, 0.2) is 0 Å². The van der Waals surface area contributed by atoms with Gasteiger partial charge in [-0.2, -0.15) is 9.78 Å². The first-order valence-electron chi connectivity index (χ1n) is 6.42. The Morgan fingerprint density at radius 3 is 2.30 bits per heavy atom. The van der Waals surface area contributed by atoms with Crippen LogP contribution in [0.2, 0.25) is 0 Å². The van der Waals surface area contributed by atoms with Gasteiger partial charge in [-0.3, -0.25) is 4.79 Å². The first-order valence-corrected chi connectivity index (χ1v) is 6.42. The molecule has 1 heterocycles. The maximum Gasteiger partial charge on any atom is 0.280 e. The van der Waals surface area contributed by atoms with Crippen molar-refractivity contribution in [1.29, 1.82) is 0 Å². The van der Waals surface area contributed by atoms with Crippen LogP contribution in [0.25, 0.3) is 0 Å². The summed E-state index contributed by atoms with van der Waals surface area (Å²) in [5.74, 6) is 0.805. The van der Waals surface area contributed by atoms with Crippen LogP contribution < -0.4 is 10.5 Å². The summed E-state index contributed by atoms with van der Waals surface area (Å²) in [4.78, 5) is 12.3.